The van der Waals surface area contributed by atoms with Gasteiger partial charge in [-0.25, -0.2) is 0 Å². The first-order valence-electron chi connectivity index (χ1n) is 7.58. The lowest BCUT2D eigenvalue weighted by atomic mass is 10.1. The zero-order valence-electron chi connectivity index (χ0n) is 12.0. The van der Waals surface area contributed by atoms with Gasteiger partial charge in [-0.3, -0.25) is 0 Å². The van der Waals surface area contributed by atoms with Crippen LogP contribution in [0.2, 0.25) is 6.04 Å². The highest BCUT2D eigenvalue weighted by Gasteiger charge is 2.28. The van der Waals surface area contributed by atoms with Crippen LogP contribution < -0.4 is 5.19 Å². The monoisotopic (exact) mass is 277 g/mol. The molecule has 0 spiro atoms. The SMILES string of the molecule is CCCC[Si](c1ccccc1)C1C=Cc2ccccc21. The van der Waals surface area contributed by atoms with Crippen molar-refractivity contribution in [3.63, 3.8) is 0 Å². The molecule has 2 aromatic carbocycles. The second-order valence-electron chi connectivity index (χ2n) is 5.46. The van der Waals surface area contributed by atoms with Crippen LogP contribution >= 0.6 is 0 Å². The first-order chi connectivity index (χ1) is 9.90. The minimum atomic E-state index is -0.561. The van der Waals surface area contributed by atoms with E-state index >= 15 is 0 Å². The molecule has 0 nitrogen and oxygen atoms in total. The van der Waals surface area contributed by atoms with Gasteiger partial charge in [0.1, 0.15) is 0 Å². The highest BCUT2D eigenvalue weighted by molar-refractivity contribution is 6.75. The maximum atomic E-state index is 2.45. The summed E-state index contributed by atoms with van der Waals surface area (Å²) in [6.07, 6.45) is 7.40. The molecule has 0 aromatic heterocycles. The minimum absolute atomic E-state index is 0.561. The summed E-state index contributed by atoms with van der Waals surface area (Å²) in [5, 5.41) is 1.58. The first-order valence-corrected chi connectivity index (χ1v) is 9.37. The van der Waals surface area contributed by atoms with Crippen molar-refractivity contribution in [1.29, 1.82) is 0 Å². The van der Waals surface area contributed by atoms with Crippen LogP contribution in [0.15, 0.2) is 60.7 Å². The Morgan fingerprint density at radius 2 is 1.70 bits per heavy atom. The van der Waals surface area contributed by atoms with Gasteiger partial charge in [-0.15, -0.1) is 0 Å². The van der Waals surface area contributed by atoms with E-state index < -0.39 is 8.80 Å². The highest BCUT2D eigenvalue weighted by Crippen LogP contribution is 2.33. The van der Waals surface area contributed by atoms with Gasteiger partial charge in [0.15, 0.2) is 0 Å². The Balaban J connectivity index is 1.93. The van der Waals surface area contributed by atoms with E-state index in [2.05, 4.69) is 73.7 Å². The van der Waals surface area contributed by atoms with Crippen molar-refractivity contribution in [2.24, 2.45) is 0 Å². The van der Waals surface area contributed by atoms with E-state index in [1.165, 1.54) is 24.4 Å². The topological polar surface area (TPSA) is 0 Å². The van der Waals surface area contributed by atoms with Crippen molar-refractivity contribution in [2.45, 2.75) is 31.4 Å². The van der Waals surface area contributed by atoms with Crippen molar-refractivity contribution in [3.8, 4) is 0 Å². The molecule has 0 saturated carbocycles. The molecule has 0 aliphatic heterocycles. The normalized spacial score (nSPS) is 16.6. The van der Waals surface area contributed by atoms with Gasteiger partial charge in [0, 0.05) is 5.54 Å². The summed E-state index contributed by atoms with van der Waals surface area (Å²) in [6, 6.07) is 21.4. The lowest BCUT2D eigenvalue weighted by molar-refractivity contribution is 0.869. The van der Waals surface area contributed by atoms with Crippen LogP contribution in [0.1, 0.15) is 36.4 Å². The number of hydrogen-bond donors (Lipinski definition) is 0. The fourth-order valence-corrected chi connectivity index (χ4v) is 6.33. The zero-order valence-corrected chi connectivity index (χ0v) is 13.0. The molecule has 1 unspecified atom stereocenters. The molecule has 1 atom stereocenters. The number of benzene rings is 2. The largest absolute Gasteiger partial charge is 0.0976 e. The molecule has 1 aliphatic carbocycles. The summed E-state index contributed by atoms with van der Waals surface area (Å²) >= 11 is 0. The third kappa shape index (κ3) is 2.64. The number of allylic oxidation sites excluding steroid dienone is 1. The summed E-state index contributed by atoms with van der Waals surface area (Å²) in [4.78, 5) is 0. The predicted octanol–water partition coefficient (Wildman–Crippen LogP) is 4.54. The van der Waals surface area contributed by atoms with Gasteiger partial charge < -0.3 is 0 Å². The Kier molecular flexibility index (Phi) is 4.17. The van der Waals surface area contributed by atoms with Crippen molar-refractivity contribution < 1.29 is 0 Å². The molecule has 0 amide bonds. The van der Waals surface area contributed by atoms with Gasteiger partial charge in [0.25, 0.3) is 0 Å². The molecule has 20 heavy (non-hydrogen) atoms. The van der Waals surface area contributed by atoms with Crippen LogP contribution in [0, 0.1) is 0 Å². The molecule has 101 valence electrons. The van der Waals surface area contributed by atoms with Gasteiger partial charge in [-0.1, -0.05) is 97.7 Å². The molecule has 3 rings (SSSR count). The van der Waals surface area contributed by atoms with E-state index in [1.54, 1.807) is 10.8 Å². The van der Waals surface area contributed by atoms with Crippen LogP contribution in [0.5, 0.6) is 0 Å². The molecule has 0 N–H and O–H groups in total. The summed E-state index contributed by atoms with van der Waals surface area (Å²) in [5.41, 5.74) is 3.61. The maximum absolute atomic E-state index is 2.45. The molecule has 0 bridgehead atoms. The van der Waals surface area contributed by atoms with E-state index in [1.807, 2.05) is 0 Å². The lowest BCUT2D eigenvalue weighted by Gasteiger charge is -2.22. The Morgan fingerprint density at radius 3 is 2.50 bits per heavy atom. The second-order valence-corrected chi connectivity index (χ2v) is 8.21. The van der Waals surface area contributed by atoms with Crippen LogP contribution in [0.25, 0.3) is 6.08 Å². The number of fused-ring (bicyclic) bond motifs is 1. The molecular formula is C19H21Si. The highest BCUT2D eigenvalue weighted by atomic mass is 28.3. The minimum Gasteiger partial charge on any atom is -0.0789 e. The van der Waals surface area contributed by atoms with Crippen LogP contribution in [0.4, 0.5) is 0 Å². The second kappa shape index (κ2) is 6.23. The molecule has 2 aromatic rings. The quantitative estimate of drug-likeness (QED) is 0.704. The van der Waals surface area contributed by atoms with Gasteiger partial charge in [0.2, 0.25) is 0 Å². The van der Waals surface area contributed by atoms with E-state index in [-0.39, 0.29) is 0 Å². The standard InChI is InChI=1S/C19H21Si/c1-2-3-15-20(17-10-5-4-6-11-17)19-14-13-16-9-7-8-12-18(16)19/h4-14,19H,2-3,15H2,1H3. The third-order valence-corrected chi connectivity index (χ3v) is 7.34. The Bertz CT molecular complexity index is 586. The molecule has 1 heteroatoms. The Morgan fingerprint density at radius 1 is 0.950 bits per heavy atom. The van der Waals surface area contributed by atoms with E-state index in [0.717, 1.165) is 0 Å². The van der Waals surface area contributed by atoms with Gasteiger partial charge >= 0.3 is 0 Å². The van der Waals surface area contributed by atoms with Crippen LogP contribution in [0.3, 0.4) is 0 Å². The molecular weight excluding hydrogens is 256 g/mol. The summed E-state index contributed by atoms with van der Waals surface area (Å²) in [6.45, 7) is 2.29. The summed E-state index contributed by atoms with van der Waals surface area (Å²) in [5.74, 6) is 0. The van der Waals surface area contributed by atoms with Crippen LogP contribution in [-0.4, -0.2) is 8.80 Å². The smallest absolute Gasteiger partial charge is 0.0789 e. The van der Waals surface area contributed by atoms with Crippen molar-refractivity contribution in [1.82, 2.24) is 0 Å². The van der Waals surface area contributed by atoms with Crippen molar-refractivity contribution in [2.75, 3.05) is 0 Å². The predicted molar refractivity (Wildman–Crippen MR) is 89.8 cm³/mol. The fourth-order valence-electron chi connectivity index (χ4n) is 3.05. The molecule has 0 heterocycles. The summed E-state index contributed by atoms with van der Waals surface area (Å²) < 4.78 is 0. The van der Waals surface area contributed by atoms with E-state index in [4.69, 9.17) is 0 Å². The fraction of sp³-hybridized carbons (Fsp3) is 0.263. The molecule has 0 saturated heterocycles. The van der Waals surface area contributed by atoms with Crippen molar-refractivity contribution in [3.05, 3.63) is 71.8 Å². The lowest BCUT2D eigenvalue weighted by Crippen LogP contribution is -2.35. The molecule has 1 aliphatic rings. The Hall–Kier alpha value is -1.60. The van der Waals surface area contributed by atoms with E-state index in [9.17, 15) is 0 Å². The van der Waals surface area contributed by atoms with Crippen molar-refractivity contribution >= 4 is 20.1 Å². The number of unbranched alkanes of at least 4 members (excludes halogenated alkanes) is 1. The van der Waals surface area contributed by atoms with Crippen LogP contribution in [-0.2, 0) is 0 Å². The number of hydrogen-bond acceptors (Lipinski definition) is 0. The first kappa shape index (κ1) is 13.4. The molecule has 0 fully saturated rings. The summed E-state index contributed by atoms with van der Waals surface area (Å²) in [7, 11) is -0.561. The average Bonchev–Trinajstić information content (AvgIpc) is 2.93. The maximum Gasteiger partial charge on any atom is 0.0976 e. The number of rotatable bonds is 5. The zero-order chi connectivity index (χ0) is 13.8. The van der Waals surface area contributed by atoms with Gasteiger partial charge in [-0.05, 0) is 11.1 Å². The van der Waals surface area contributed by atoms with Gasteiger partial charge in [0.05, 0.1) is 8.80 Å². The Labute approximate surface area is 123 Å². The van der Waals surface area contributed by atoms with Gasteiger partial charge in [-0.2, -0.15) is 0 Å². The van der Waals surface area contributed by atoms with E-state index in [0.29, 0.717) is 5.54 Å². The average molecular weight is 277 g/mol. The molecule has 1 radical (unpaired) electrons. The third-order valence-electron chi connectivity index (χ3n) is 4.12.